The molecule has 0 aromatic rings. The van der Waals surface area contributed by atoms with Crippen molar-refractivity contribution in [2.45, 2.75) is 76.8 Å². The summed E-state index contributed by atoms with van der Waals surface area (Å²) in [4.78, 5) is 2.66. The first kappa shape index (κ1) is 15.3. The molecule has 0 aromatic heterocycles. The lowest BCUT2D eigenvalue weighted by Crippen LogP contribution is -2.46. The summed E-state index contributed by atoms with van der Waals surface area (Å²) in [6.45, 7) is 3.61. The van der Waals surface area contributed by atoms with Crippen LogP contribution in [0.4, 0.5) is 0 Å². The molecule has 1 unspecified atom stereocenters. The minimum atomic E-state index is 0.719. The lowest BCUT2D eigenvalue weighted by molar-refractivity contribution is 0.140. The summed E-state index contributed by atoms with van der Waals surface area (Å²) in [6.07, 6.45) is 13.0. The number of nitrogens with zero attached hydrogens (tertiary/aromatic N) is 1. The van der Waals surface area contributed by atoms with Crippen LogP contribution in [0.2, 0.25) is 0 Å². The molecule has 19 heavy (non-hydrogen) atoms. The Morgan fingerprint density at radius 2 is 1.68 bits per heavy atom. The highest BCUT2D eigenvalue weighted by Gasteiger charge is 2.28. The van der Waals surface area contributed by atoms with Crippen LogP contribution in [0, 0.1) is 11.8 Å². The Labute approximate surface area is 120 Å². The van der Waals surface area contributed by atoms with Crippen LogP contribution in [0.3, 0.4) is 0 Å². The maximum atomic E-state index is 3.59. The van der Waals surface area contributed by atoms with E-state index in [1.54, 1.807) is 0 Å². The van der Waals surface area contributed by atoms with Crippen molar-refractivity contribution in [3.05, 3.63) is 0 Å². The van der Waals surface area contributed by atoms with Crippen molar-refractivity contribution in [3.8, 4) is 0 Å². The molecule has 0 amide bonds. The van der Waals surface area contributed by atoms with E-state index in [1.807, 2.05) is 0 Å². The molecule has 0 aliphatic heterocycles. The summed E-state index contributed by atoms with van der Waals surface area (Å²) in [5, 5.41) is 3.59. The molecular weight excluding hydrogens is 232 g/mol. The second kappa shape index (κ2) is 7.64. The van der Waals surface area contributed by atoms with Gasteiger partial charge >= 0.3 is 0 Å². The van der Waals surface area contributed by atoms with Gasteiger partial charge < -0.3 is 10.2 Å². The van der Waals surface area contributed by atoms with E-state index in [1.165, 1.54) is 64.3 Å². The molecule has 1 atom stereocenters. The lowest BCUT2D eigenvalue weighted by atomic mass is 9.84. The molecule has 2 nitrogen and oxygen atoms in total. The van der Waals surface area contributed by atoms with Crippen LogP contribution in [-0.4, -0.2) is 37.6 Å². The average molecular weight is 266 g/mol. The Bertz CT molecular complexity index is 240. The highest BCUT2D eigenvalue weighted by molar-refractivity contribution is 4.85. The van der Waals surface area contributed by atoms with Crippen molar-refractivity contribution in [3.63, 3.8) is 0 Å². The fourth-order valence-electron chi connectivity index (χ4n) is 4.29. The maximum Gasteiger partial charge on any atom is 0.0220 e. The molecule has 0 saturated heterocycles. The number of likely N-dealkylation sites (N-methyl/N-ethyl adjacent to an activating group) is 2. The molecule has 1 N–H and O–H groups in total. The second-order valence-corrected chi connectivity index (χ2v) is 6.96. The van der Waals surface area contributed by atoms with Gasteiger partial charge in [-0.1, -0.05) is 26.2 Å². The van der Waals surface area contributed by atoms with Crippen molar-refractivity contribution in [2.24, 2.45) is 11.8 Å². The Balaban J connectivity index is 1.77. The predicted molar refractivity (Wildman–Crippen MR) is 83.5 cm³/mol. The van der Waals surface area contributed by atoms with Gasteiger partial charge in [0.1, 0.15) is 0 Å². The van der Waals surface area contributed by atoms with Crippen LogP contribution in [0.1, 0.15) is 64.7 Å². The summed E-state index contributed by atoms with van der Waals surface area (Å²) in [5.74, 6) is 1.94. The maximum absolute atomic E-state index is 3.59. The van der Waals surface area contributed by atoms with Gasteiger partial charge in [0.15, 0.2) is 0 Å². The monoisotopic (exact) mass is 266 g/mol. The Morgan fingerprint density at radius 3 is 2.21 bits per heavy atom. The largest absolute Gasteiger partial charge is 0.315 e. The Hall–Kier alpha value is -0.0800. The van der Waals surface area contributed by atoms with Crippen molar-refractivity contribution in [1.29, 1.82) is 0 Å². The molecule has 2 saturated carbocycles. The molecule has 0 heterocycles. The van der Waals surface area contributed by atoms with Crippen LogP contribution < -0.4 is 5.32 Å². The minimum Gasteiger partial charge on any atom is -0.315 e. The van der Waals surface area contributed by atoms with Gasteiger partial charge in [0.25, 0.3) is 0 Å². The number of nitrogens with one attached hydrogen (secondary N) is 1. The number of hydrogen-bond acceptors (Lipinski definition) is 2. The molecule has 0 bridgehead atoms. The van der Waals surface area contributed by atoms with E-state index >= 15 is 0 Å². The highest BCUT2D eigenvalue weighted by Crippen LogP contribution is 2.31. The third-order valence-electron chi connectivity index (χ3n) is 5.84. The van der Waals surface area contributed by atoms with Gasteiger partial charge in [0.05, 0.1) is 0 Å². The quantitative estimate of drug-likeness (QED) is 0.789. The van der Waals surface area contributed by atoms with Crippen LogP contribution in [0.15, 0.2) is 0 Å². The molecule has 112 valence electrons. The topological polar surface area (TPSA) is 15.3 Å². The smallest absolute Gasteiger partial charge is 0.0220 e. The van der Waals surface area contributed by atoms with E-state index in [2.05, 4.69) is 31.2 Å². The predicted octanol–water partition coefficient (Wildman–Crippen LogP) is 3.67. The van der Waals surface area contributed by atoms with E-state index in [0.29, 0.717) is 0 Å². The number of hydrogen-bond donors (Lipinski definition) is 1. The molecule has 0 aromatic carbocycles. The van der Waals surface area contributed by atoms with Crippen molar-refractivity contribution in [1.82, 2.24) is 10.2 Å². The summed E-state index contributed by atoms with van der Waals surface area (Å²) in [6, 6.07) is 1.57. The Kier molecular flexibility index (Phi) is 6.15. The third-order valence-corrected chi connectivity index (χ3v) is 5.84. The van der Waals surface area contributed by atoms with Crippen molar-refractivity contribution >= 4 is 0 Å². The van der Waals surface area contributed by atoms with Gasteiger partial charge in [0.2, 0.25) is 0 Å². The van der Waals surface area contributed by atoms with Crippen LogP contribution >= 0.6 is 0 Å². The van der Waals surface area contributed by atoms with E-state index in [-0.39, 0.29) is 0 Å². The van der Waals surface area contributed by atoms with E-state index in [9.17, 15) is 0 Å². The summed E-state index contributed by atoms with van der Waals surface area (Å²) < 4.78 is 0. The van der Waals surface area contributed by atoms with E-state index in [0.717, 1.165) is 23.9 Å². The molecular formula is C17H34N2. The standard InChI is InChI=1S/C17H34N2/c1-4-14-9-11-16(12-10-14)19(3)13-17(18-2)15-7-5-6-8-15/h14-18H,4-13H2,1-3H3. The first-order chi connectivity index (χ1) is 9.24. The summed E-state index contributed by atoms with van der Waals surface area (Å²) in [5.41, 5.74) is 0. The van der Waals surface area contributed by atoms with Crippen LogP contribution in [-0.2, 0) is 0 Å². The zero-order valence-electron chi connectivity index (χ0n) is 13.3. The second-order valence-electron chi connectivity index (χ2n) is 6.96. The van der Waals surface area contributed by atoms with Crippen LogP contribution in [0.25, 0.3) is 0 Å². The van der Waals surface area contributed by atoms with Gasteiger partial charge in [-0.05, 0) is 64.5 Å². The molecule has 2 aliphatic rings. The fraction of sp³-hybridized carbons (Fsp3) is 1.00. The lowest BCUT2D eigenvalue weighted by Gasteiger charge is -2.37. The minimum absolute atomic E-state index is 0.719. The fourth-order valence-corrected chi connectivity index (χ4v) is 4.29. The average Bonchev–Trinajstić information content (AvgIpc) is 2.98. The molecule has 0 spiro atoms. The van der Waals surface area contributed by atoms with Crippen molar-refractivity contribution in [2.75, 3.05) is 20.6 Å². The molecule has 2 aliphatic carbocycles. The first-order valence-corrected chi connectivity index (χ1v) is 8.62. The van der Waals surface area contributed by atoms with Crippen molar-refractivity contribution < 1.29 is 0 Å². The van der Waals surface area contributed by atoms with Gasteiger partial charge in [0, 0.05) is 18.6 Å². The first-order valence-electron chi connectivity index (χ1n) is 8.62. The highest BCUT2D eigenvalue weighted by atomic mass is 15.2. The van der Waals surface area contributed by atoms with Crippen LogP contribution in [0.5, 0.6) is 0 Å². The van der Waals surface area contributed by atoms with E-state index < -0.39 is 0 Å². The Morgan fingerprint density at radius 1 is 1.05 bits per heavy atom. The van der Waals surface area contributed by atoms with E-state index in [4.69, 9.17) is 0 Å². The summed E-state index contributed by atoms with van der Waals surface area (Å²) in [7, 11) is 4.51. The molecule has 2 rings (SSSR count). The van der Waals surface area contributed by atoms with Gasteiger partial charge in [-0.15, -0.1) is 0 Å². The van der Waals surface area contributed by atoms with Gasteiger partial charge in [-0.25, -0.2) is 0 Å². The molecule has 0 radical (unpaired) electrons. The molecule has 2 heteroatoms. The SMILES string of the molecule is CCC1CCC(N(C)CC(NC)C2CCCC2)CC1. The normalized spacial score (nSPS) is 30.9. The molecule has 2 fully saturated rings. The zero-order chi connectivity index (χ0) is 13.7. The van der Waals surface area contributed by atoms with Gasteiger partial charge in [-0.3, -0.25) is 0 Å². The summed E-state index contributed by atoms with van der Waals surface area (Å²) >= 11 is 0. The van der Waals surface area contributed by atoms with Gasteiger partial charge in [-0.2, -0.15) is 0 Å². The third kappa shape index (κ3) is 4.19. The number of rotatable bonds is 6. The zero-order valence-corrected chi connectivity index (χ0v) is 13.3.